The minimum Gasteiger partial charge on any atom is -0.460 e. The lowest BCUT2D eigenvalue weighted by atomic mass is 10.2. The van der Waals surface area contributed by atoms with E-state index in [0.29, 0.717) is 12.0 Å². The first-order valence-corrected chi connectivity index (χ1v) is 6.08. The zero-order valence-electron chi connectivity index (χ0n) is 11.7. The second-order valence-corrected chi connectivity index (χ2v) is 5.08. The Labute approximate surface area is 117 Å². The predicted octanol–water partition coefficient (Wildman–Crippen LogP) is 2.46. The van der Waals surface area contributed by atoms with Gasteiger partial charge >= 0.3 is 5.97 Å². The minimum absolute atomic E-state index is 0.107. The van der Waals surface area contributed by atoms with Crippen molar-refractivity contribution in [3.8, 4) is 11.8 Å². The van der Waals surface area contributed by atoms with Gasteiger partial charge in [-0.1, -0.05) is 11.8 Å². The average Bonchev–Trinajstić information content (AvgIpc) is 2.33. The first kappa shape index (κ1) is 15.6. The maximum Gasteiger partial charge on any atom is 0.307 e. The average molecular weight is 276 g/mol. The topological polar surface area (TPSA) is 82.3 Å². The van der Waals surface area contributed by atoms with E-state index in [1.165, 1.54) is 12.3 Å². The van der Waals surface area contributed by atoms with Crippen LogP contribution < -0.4 is 0 Å². The second-order valence-electron chi connectivity index (χ2n) is 5.08. The Hall–Kier alpha value is -2.42. The van der Waals surface area contributed by atoms with E-state index < -0.39 is 10.5 Å². The molecule has 0 saturated carbocycles. The van der Waals surface area contributed by atoms with Crippen molar-refractivity contribution in [2.45, 2.75) is 39.2 Å². The number of carbonyl (C=O) groups is 1. The summed E-state index contributed by atoms with van der Waals surface area (Å²) in [6.45, 7) is 5.39. The van der Waals surface area contributed by atoms with Crippen LogP contribution in [0, 0.1) is 22.0 Å². The van der Waals surface area contributed by atoms with E-state index in [4.69, 9.17) is 4.74 Å². The fraction of sp³-hybridized carbons (Fsp3) is 0.429. The van der Waals surface area contributed by atoms with Gasteiger partial charge in [-0.2, -0.15) is 0 Å². The van der Waals surface area contributed by atoms with E-state index in [2.05, 4.69) is 16.8 Å². The van der Waals surface area contributed by atoms with Crippen LogP contribution in [0.2, 0.25) is 0 Å². The van der Waals surface area contributed by atoms with E-state index in [1.54, 1.807) is 20.8 Å². The van der Waals surface area contributed by atoms with E-state index in [9.17, 15) is 14.9 Å². The van der Waals surface area contributed by atoms with Crippen LogP contribution in [0.15, 0.2) is 18.5 Å². The molecule has 6 heteroatoms. The Morgan fingerprint density at radius 3 is 2.75 bits per heavy atom. The van der Waals surface area contributed by atoms with Crippen molar-refractivity contribution in [2.24, 2.45) is 0 Å². The highest BCUT2D eigenvalue weighted by Crippen LogP contribution is 2.10. The first-order chi connectivity index (χ1) is 9.28. The molecule has 0 saturated heterocycles. The van der Waals surface area contributed by atoms with Gasteiger partial charge < -0.3 is 4.74 Å². The largest absolute Gasteiger partial charge is 0.460 e. The van der Waals surface area contributed by atoms with Crippen LogP contribution in [0.25, 0.3) is 0 Å². The maximum absolute atomic E-state index is 11.4. The van der Waals surface area contributed by atoms with Gasteiger partial charge in [0.15, 0.2) is 0 Å². The molecule has 0 aromatic carbocycles. The van der Waals surface area contributed by atoms with Gasteiger partial charge in [-0.15, -0.1) is 0 Å². The summed E-state index contributed by atoms with van der Waals surface area (Å²) in [6.07, 6.45) is 3.11. The van der Waals surface area contributed by atoms with Gasteiger partial charge in [0.05, 0.1) is 11.3 Å². The highest BCUT2D eigenvalue weighted by Gasteiger charge is 2.15. The Bertz CT molecular complexity index is 565. The predicted molar refractivity (Wildman–Crippen MR) is 72.8 cm³/mol. The lowest BCUT2D eigenvalue weighted by Crippen LogP contribution is -2.23. The Morgan fingerprint density at radius 1 is 1.45 bits per heavy atom. The number of pyridine rings is 1. The van der Waals surface area contributed by atoms with Crippen molar-refractivity contribution >= 4 is 11.7 Å². The third-order valence-electron chi connectivity index (χ3n) is 2.04. The maximum atomic E-state index is 11.4. The zero-order chi connectivity index (χ0) is 15.2. The molecule has 106 valence electrons. The van der Waals surface area contributed by atoms with Gasteiger partial charge in [0, 0.05) is 24.2 Å². The highest BCUT2D eigenvalue weighted by atomic mass is 16.6. The summed E-state index contributed by atoms with van der Waals surface area (Å²) in [6, 6.07) is 1.34. The van der Waals surface area contributed by atoms with E-state index in [0.717, 1.165) is 6.20 Å². The number of aromatic nitrogens is 1. The van der Waals surface area contributed by atoms with Crippen LogP contribution in [-0.4, -0.2) is 21.5 Å². The van der Waals surface area contributed by atoms with E-state index >= 15 is 0 Å². The summed E-state index contributed by atoms with van der Waals surface area (Å²) >= 11 is 0. The molecule has 6 nitrogen and oxygen atoms in total. The molecule has 20 heavy (non-hydrogen) atoms. The quantitative estimate of drug-likeness (QED) is 0.366. The molecule has 1 aromatic heterocycles. The molecule has 0 aliphatic heterocycles. The van der Waals surface area contributed by atoms with Crippen LogP contribution in [-0.2, 0) is 9.53 Å². The van der Waals surface area contributed by atoms with Crippen molar-refractivity contribution in [2.75, 3.05) is 0 Å². The molecule has 0 aliphatic rings. The molecule has 0 N–H and O–H groups in total. The van der Waals surface area contributed by atoms with Gasteiger partial charge in [-0.3, -0.25) is 19.9 Å². The van der Waals surface area contributed by atoms with E-state index in [1.807, 2.05) is 0 Å². The fourth-order valence-corrected chi connectivity index (χ4v) is 1.32. The smallest absolute Gasteiger partial charge is 0.307 e. The van der Waals surface area contributed by atoms with Gasteiger partial charge in [-0.25, -0.2) is 0 Å². The summed E-state index contributed by atoms with van der Waals surface area (Å²) in [4.78, 5) is 25.2. The molecule has 0 atom stereocenters. The first-order valence-electron chi connectivity index (χ1n) is 6.08. The van der Waals surface area contributed by atoms with Crippen LogP contribution >= 0.6 is 0 Å². The number of ether oxygens (including phenoxy) is 1. The molecule has 0 fully saturated rings. The van der Waals surface area contributed by atoms with Crippen molar-refractivity contribution in [3.05, 3.63) is 34.1 Å². The number of nitrogens with zero attached hydrogens (tertiary/aromatic N) is 2. The normalized spacial score (nSPS) is 10.3. The molecule has 0 spiro atoms. The van der Waals surface area contributed by atoms with E-state index in [-0.39, 0.29) is 18.1 Å². The molecular weight excluding hydrogens is 260 g/mol. The molecule has 0 radical (unpaired) electrons. The summed E-state index contributed by atoms with van der Waals surface area (Å²) in [5, 5.41) is 10.6. The fourth-order valence-electron chi connectivity index (χ4n) is 1.32. The summed E-state index contributed by atoms with van der Waals surface area (Å²) in [5.41, 5.74) is -0.165. The van der Waals surface area contributed by atoms with Crippen molar-refractivity contribution < 1.29 is 14.5 Å². The monoisotopic (exact) mass is 276 g/mol. The summed E-state index contributed by atoms with van der Waals surface area (Å²) in [7, 11) is 0. The van der Waals surface area contributed by atoms with Crippen LogP contribution in [0.4, 0.5) is 5.69 Å². The van der Waals surface area contributed by atoms with Gasteiger partial charge in [-0.05, 0) is 20.8 Å². The van der Waals surface area contributed by atoms with Gasteiger partial charge in [0.1, 0.15) is 11.8 Å². The van der Waals surface area contributed by atoms with Crippen LogP contribution in [0.3, 0.4) is 0 Å². The molecule has 0 amide bonds. The SMILES string of the molecule is CC(C)(C)OC(=O)CCC#Cc1cncc([N+](=O)[O-])c1. The van der Waals surface area contributed by atoms with Crippen molar-refractivity contribution in [3.63, 3.8) is 0 Å². The zero-order valence-corrected chi connectivity index (χ0v) is 11.7. The number of hydrogen-bond acceptors (Lipinski definition) is 5. The number of carbonyl (C=O) groups excluding carboxylic acids is 1. The molecular formula is C14H16N2O4. The lowest BCUT2D eigenvalue weighted by molar-refractivity contribution is -0.385. The molecule has 0 unspecified atom stereocenters. The third kappa shape index (κ3) is 5.96. The van der Waals surface area contributed by atoms with Crippen LogP contribution in [0.5, 0.6) is 0 Å². The highest BCUT2D eigenvalue weighted by molar-refractivity contribution is 5.70. The standard InChI is InChI=1S/C14H16N2O4/c1-14(2,3)20-13(17)7-5-4-6-11-8-12(16(18)19)10-15-9-11/h8-10H,5,7H2,1-3H3. The molecule has 0 bridgehead atoms. The summed E-state index contributed by atoms with van der Waals surface area (Å²) in [5.74, 6) is 5.19. The third-order valence-corrected chi connectivity index (χ3v) is 2.04. The Balaban J connectivity index is 2.53. The number of hydrogen-bond donors (Lipinski definition) is 0. The lowest BCUT2D eigenvalue weighted by Gasteiger charge is -2.18. The summed E-state index contributed by atoms with van der Waals surface area (Å²) < 4.78 is 5.13. The number of rotatable bonds is 3. The Morgan fingerprint density at radius 2 is 2.15 bits per heavy atom. The Kier molecular flexibility index (Phi) is 5.21. The number of esters is 1. The minimum atomic E-state index is -0.529. The molecule has 1 aromatic rings. The molecule has 0 aliphatic carbocycles. The molecule has 1 heterocycles. The van der Waals surface area contributed by atoms with Gasteiger partial charge in [0.2, 0.25) is 0 Å². The van der Waals surface area contributed by atoms with Crippen molar-refractivity contribution in [1.29, 1.82) is 0 Å². The number of nitro groups is 1. The second kappa shape index (κ2) is 6.66. The molecule has 1 rings (SSSR count). The van der Waals surface area contributed by atoms with Gasteiger partial charge in [0.25, 0.3) is 5.69 Å². The van der Waals surface area contributed by atoms with Crippen LogP contribution in [0.1, 0.15) is 39.2 Å². The van der Waals surface area contributed by atoms with Crippen molar-refractivity contribution in [1.82, 2.24) is 4.98 Å².